The Balaban J connectivity index is 1.07. The lowest BCUT2D eigenvalue weighted by Crippen LogP contribution is -2.52. The second-order valence-electron chi connectivity index (χ2n) is 16.2. The number of benzene rings is 4. The van der Waals surface area contributed by atoms with E-state index in [2.05, 4.69) is 33.7 Å². The van der Waals surface area contributed by atoms with Gasteiger partial charge in [-0.15, -0.1) is 0 Å². The van der Waals surface area contributed by atoms with Gasteiger partial charge in [-0.3, -0.25) is 14.5 Å². The highest BCUT2D eigenvalue weighted by Gasteiger charge is 2.36. The van der Waals surface area contributed by atoms with Crippen LogP contribution in [0.25, 0.3) is 11.3 Å². The van der Waals surface area contributed by atoms with Crippen LogP contribution in [0.5, 0.6) is 5.75 Å². The third-order valence-corrected chi connectivity index (χ3v) is 12.6. The number of morpholine rings is 1. The van der Waals surface area contributed by atoms with Crippen molar-refractivity contribution >= 4 is 23.6 Å². The lowest BCUT2D eigenvalue weighted by Gasteiger charge is -2.41. The molecule has 5 aromatic rings. The summed E-state index contributed by atoms with van der Waals surface area (Å²) < 4.78 is 13.9. The molecule has 59 heavy (non-hydrogen) atoms. The number of carbonyl (C=O) groups is 3. The third kappa shape index (κ3) is 7.97. The zero-order chi connectivity index (χ0) is 40.5. The van der Waals surface area contributed by atoms with Crippen LogP contribution in [-0.4, -0.2) is 94.8 Å². The number of aromatic nitrogens is 1. The number of fused-ring (bicyclic) bond motifs is 3. The molecular formula is C48H51N5O6. The van der Waals surface area contributed by atoms with Crippen LogP contribution >= 0.6 is 0 Å². The molecule has 0 saturated carbocycles. The molecule has 4 aliphatic heterocycles. The second-order valence-corrected chi connectivity index (χ2v) is 16.2. The van der Waals surface area contributed by atoms with Crippen molar-refractivity contribution in [1.82, 2.24) is 19.3 Å². The Hall–Kier alpha value is -5.91. The minimum absolute atomic E-state index is 0.0583. The topological polar surface area (TPSA) is 108 Å². The van der Waals surface area contributed by atoms with Crippen molar-refractivity contribution < 1.29 is 29.0 Å². The van der Waals surface area contributed by atoms with E-state index < -0.39 is 6.09 Å². The van der Waals surface area contributed by atoms with Crippen molar-refractivity contribution in [3.63, 3.8) is 0 Å². The highest BCUT2D eigenvalue weighted by atomic mass is 16.5. The summed E-state index contributed by atoms with van der Waals surface area (Å²) in [7, 11) is 1.81. The van der Waals surface area contributed by atoms with Crippen molar-refractivity contribution in [2.45, 2.75) is 64.4 Å². The Kier molecular flexibility index (Phi) is 11.0. The molecule has 1 aromatic heterocycles. The first-order valence-electron chi connectivity index (χ1n) is 20.9. The zero-order valence-corrected chi connectivity index (χ0v) is 33.6. The largest absolute Gasteiger partial charge is 0.489 e. The van der Waals surface area contributed by atoms with E-state index in [1.54, 1.807) is 11.9 Å². The number of rotatable bonds is 9. The summed E-state index contributed by atoms with van der Waals surface area (Å²) >= 11 is 0. The van der Waals surface area contributed by atoms with E-state index in [0.717, 1.165) is 103 Å². The van der Waals surface area contributed by atoms with Gasteiger partial charge >= 0.3 is 6.09 Å². The summed E-state index contributed by atoms with van der Waals surface area (Å²) in [4.78, 5) is 49.6. The van der Waals surface area contributed by atoms with E-state index in [1.165, 1.54) is 10.5 Å². The van der Waals surface area contributed by atoms with Crippen molar-refractivity contribution in [2.75, 3.05) is 51.3 Å². The van der Waals surface area contributed by atoms with Crippen LogP contribution in [0, 0.1) is 0 Å². The Bertz CT molecular complexity index is 2350. The Morgan fingerprint density at radius 1 is 0.780 bits per heavy atom. The predicted octanol–water partition coefficient (Wildman–Crippen LogP) is 7.28. The molecule has 0 aliphatic carbocycles. The Morgan fingerprint density at radius 2 is 1.54 bits per heavy atom. The van der Waals surface area contributed by atoms with Gasteiger partial charge in [0, 0.05) is 87.1 Å². The number of ether oxygens (including phenoxy) is 2. The highest BCUT2D eigenvalue weighted by Crippen LogP contribution is 2.38. The molecule has 1 fully saturated rings. The van der Waals surface area contributed by atoms with Gasteiger partial charge in [0.2, 0.25) is 0 Å². The summed E-state index contributed by atoms with van der Waals surface area (Å²) in [5, 5.41) is 9.95. The molecule has 0 radical (unpaired) electrons. The van der Waals surface area contributed by atoms with Gasteiger partial charge in [-0.05, 0) is 102 Å². The molecule has 304 valence electrons. The van der Waals surface area contributed by atoms with E-state index in [1.807, 2.05) is 77.7 Å². The molecule has 0 unspecified atom stereocenters. The number of hydrogen-bond acceptors (Lipinski definition) is 6. The lowest BCUT2D eigenvalue weighted by molar-refractivity contribution is 0.0193. The molecule has 1 saturated heterocycles. The maximum atomic E-state index is 15.4. The maximum Gasteiger partial charge on any atom is 0.407 e. The molecule has 1 atom stereocenters. The number of amides is 3. The van der Waals surface area contributed by atoms with Crippen molar-refractivity contribution in [3.05, 3.63) is 142 Å². The summed E-state index contributed by atoms with van der Waals surface area (Å²) in [5.41, 5.74) is 9.95. The fourth-order valence-corrected chi connectivity index (χ4v) is 9.28. The van der Waals surface area contributed by atoms with Crippen LogP contribution in [-0.2, 0) is 50.2 Å². The number of carbonyl (C=O) groups excluding carboxylic acids is 2. The molecule has 4 aromatic carbocycles. The van der Waals surface area contributed by atoms with E-state index in [9.17, 15) is 14.7 Å². The normalized spacial score (nSPS) is 17.7. The summed E-state index contributed by atoms with van der Waals surface area (Å²) in [6.45, 7) is 6.03. The average molecular weight is 794 g/mol. The van der Waals surface area contributed by atoms with Crippen molar-refractivity contribution in [3.8, 4) is 17.0 Å². The molecule has 5 heterocycles. The van der Waals surface area contributed by atoms with Gasteiger partial charge in [0.05, 0.1) is 18.8 Å². The quantitative estimate of drug-likeness (QED) is 0.167. The summed E-state index contributed by atoms with van der Waals surface area (Å²) in [6.07, 6.45) is 3.03. The van der Waals surface area contributed by atoms with E-state index >= 15 is 4.79 Å². The third-order valence-electron chi connectivity index (χ3n) is 12.6. The number of nitrogens with zero attached hydrogens (tertiary/aromatic N) is 5. The van der Waals surface area contributed by atoms with Gasteiger partial charge in [0.25, 0.3) is 11.8 Å². The number of carboxylic acid groups (broad SMARTS) is 1. The first-order chi connectivity index (χ1) is 28.8. The first-order valence-corrected chi connectivity index (χ1v) is 20.9. The molecule has 11 nitrogen and oxygen atoms in total. The smallest absolute Gasteiger partial charge is 0.407 e. The molecule has 4 aliphatic rings. The SMILES string of the molecule is CN(C(=O)c1cc(-c2cc3c(cc2C(=O)N2Cc4ccccc4C[C@H]2CN2CCOCC2)CN(C(=O)O)CC3)n2c1CCCC2)c1ccc(OCc2ccccc2)cc1. The molecule has 1 N–H and O–H groups in total. The minimum Gasteiger partial charge on any atom is -0.489 e. The van der Waals surface area contributed by atoms with Gasteiger partial charge in [-0.1, -0.05) is 54.6 Å². The molecule has 0 spiro atoms. The highest BCUT2D eigenvalue weighted by molar-refractivity contribution is 6.08. The standard InChI is InChI=1S/C48H51N5O6/c1-49(38-14-16-40(17-15-38)59-32-33-9-3-2-4-10-33)46(54)43-28-45(52-19-8-7-13-44(43)52)41-26-35-18-20-51(48(56)57)29-37(35)27-42(41)47(55)53-30-36-12-6-5-11-34(36)25-39(53)31-50-21-23-58-24-22-50/h2-6,9-12,14-17,26-28,39H,7-8,13,18-25,29-32H2,1H3,(H,56,57)/t39-/m0/s1. The van der Waals surface area contributed by atoms with Gasteiger partial charge in [-0.2, -0.15) is 0 Å². The zero-order valence-electron chi connectivity index (χ0n) is 33.6. The second kappa shape index (κ2) is 16.8. The van der Waals surface area contributed by atoms with E-state index in [4.69, 9.17) is 9.47 Å². The molecule has 3 amide bonds. The van der Waals surface area contributed by atoms with Crippen LogP contribution in [0.1, 0.15) is 67.1 Å². The van der Waals surface area contributed by atoms with Gasteiger partial charge in [0.15, 0.2) is 0 Å². The lowest BCUT2D eigenvalue weighted by atomic mass is 9.89. The van der Waals surface area contributed by atoms with E-state index in [0.29, 0.717) is 50.5 Å². The van der Waals surface area contributed by atoms with E-state index in [-0.39, 0.29) is 24.4 Å². The Morgan fingerprint density at radius 3 is 2.32 bits per heavy atom. The predicted molar refractivity (Wildman–Crippen MR) is 226 cm³/mol. The van der Waals surface area contributed by atoms with Crippen molar-refractivity contribution in [2.24, 2.45) is 0 Å². The molecular weight excluding hydrogens is 743 g/mol. The molecule has 11 heteroatoms. The average Bonchev–Trinajstić information content (AvgIpc) is 3.67. The van der Waals surface area contributed by atoms with Gasteiger partial charge in [-0.25, -0.2) is 4.79 Å². The summed E-state index contributed by atoms with van der Waals surface area (Å²) in [6, 6.07) is 32.0. The monoisotopic (exact) mass is 793 g/mol. The van der Waals surface area contributed by atoms with Crippen LogP contribution in [0.3, 0.4) is 0 Å². The maximum absolute atomic E-state index is 15.4. The number of hydrogen-bond donors (Lipinski definition) is 1. The van der Waals surface area contributed by atoms with Gasteiger partial charge in [0.1, 0.15) is 12.4 Å². The fourth-order valence-electron chi connectivity index (χ4n) is 9.28. The number of anilines is 1. The first kappa shape index (κ1) is 38.6. The van der Waals surface area contributed by atoms with Crippen molar-refractivity contribution in [1.29, 1.82) is 0 Å². The van der Waals surface area contributed by atoms with Crippen LogP contribution < -0.4 is 9.64 Å². The van der Waals surface area contributed by atoms with Gasteiger partial charge < -0.3 is 33.8 Å². The summed E-state index contributed by atoms with van der Waals surface area (Å²) in [5.74, 6) is 0.539. The fraction of sp³-hybridized carbons (Fsp3) is 0.354. The molecule has 0 bridgehead atoms. The van der Waals surface area contributed by atoms with Crippen LogP contribution in [0.15, 0.2) is 97.1 Å². The minimum atomic E-state index is -0.965. The molecule has 9 rings (SSSR count). The Labute approximate surface area is 345 Å². The van der Waals surface area contributed by atoms with Crippen LogP contribution in [0.4, 0.5) is 10.5 Å². The van der Waals surface area contributed by atoms with Crippen LogP contribution in [0.2, 0.25) is 0 Å².